The Balaban J connectivity index is 1.48. The molecule has 0 bridgehead atoms. The van der Waals surface area contributed by atoms with Crippen molar-refractivity contribution in [1.82, 2.24) is 14.3 Å². The molecule has 1 aliphatic carbocycles. The summed E-state index contributed by atoms with van der Waals surface area (Å²) in [5, 5.41) is 11.7. The van der Waals surface area contributed by atoms with Crippen LogP contribution in [0.4, 0.5) is 0 Å². The van der Waals surface area contributed by atoms with Gasteiger partial charge < -0.3 is 14.4 Å². The Bertz CT molecular complexity index is 966. The largest absolute Gasteiger partial charge is 0.385 e. The topological polar surface area (TPSA) is 57.8 Å². The molecule has 2 aliphatic rings. The summed E-state index contributed by atoms with van der Waals surface area (Å²) in [6.07, 6.45) is 8.38. The smallest absolute Gasteiger partial charge is 0.274 e. The number of pyridine rings is 1. The van der Waals surface area contributed by atoms with Crippen molar-refractivity contribution in [2.75, 3.05) is 6.54 Å². The SMILES string of the molecule is O=C(c1cn2ccccc2n1)N1CCC(O)(c2ccccc2)[C@H]2CCCC[C@H]21. The third-order valence-electron chi connectivity index (χ3n) is 6.59. The van der Waals surface area contributed by atoms with E-state index in [1.165, 1.54) is 0 Å². The van der Waals surface area contributed by atoms with Gasteiger partial charge in [-0.1, -0.05) is 49.2 Å². The van der Waals surface area contributed by atoms with Gasteiger partial charge >= 0.3 is 0 Å². The van der Waals surface area contributed by atoms with E-state index in [0.29, 0.717) is 18.7 Å². The molecule has 1 aliphatic heterocycles. The second kappa shape index (κ2) is 6.74. The molecule has 1 unspecified atom stereocenters. The van der Waals surface area contributed by atoms with Crippen molar-refractivity contribution in [1.29, 1.82) is 0 Å². The average Bonchev–Trinajstić information content (AvgIpc) is 3.19. The highest BCUT2D eigenvalue weighted by Gasteiger charge is 2.50. The van der Waals surface area contributed by atoms with Crippen molar-refractivity contribution < 1.29 is 9.90 Å². The molecule has 28 heavy (non-hydrogen) atoms. The first kappa shape index (κ1) is 17.4. The number of rotatable bonds is 2. The Labute approximate surface area is 164 Å². The molecule has 2 fully saturated rings. The second-order valence-corrected chi connectivity index (χ2v) is 8.09. The average molecular weight is 375 g/mol. The van der Waals surface area contributed by atoms with Crippen LogP contribution < -0.4 is 0 Å². The molecular formula is C23H25N3O2. The minimum absolute atomic E-state index is 0.0179. The molecule has 1 amide bonds. The molecule has 0 spiro atoms. The van der Waals surface area contributed by atoms with E-state index in [4.69, 9.17) is 0 Å². The number of hydrogen-bond acceptors (Lipinski definition) is 3. The monoisotopic (exact) mass is 375 g/mol. The molecule has 1 N–H and O–H groups in total. The third kappa shape index (κ3) is 2.73. The first-order valence-electron chi connectivity index (χ1n) is 10.2. The number of aromatic nitrogens is 2. The lowest BCUT2D eigenvalue weighted by Crippen LogP contribution is -2.59. The summed E-state index contributed by atoms with van der Waals surface area (Å²) in [5.41, 5.74) is 1.39. The maximum Gasteiger partial charge on any atom is 0.274 e. The number of carbonyl (C=O) groups is 1. The van der Waals surface area contributed by atoms with Gasteiger partial charge in [0.15, 0.2) is 0 Å². The quantitative estimate of drug-likeness (QED) is 0.744. The van der Waals surface area contributed by atoms with Gasteiger partial charge in [0.1, 0.15) is 11.3 Å². The van der Waals surface area contributed by atoms with E-state index in [-0.39, 0.29) is 17.9 Å². The minimum atomic E-state index is -0.859. The highest BCUT2D eigenvalue weighted by Crippen LogP contribution is 2.47. The zero-order valence-electron chi connectivity index (χ0n) is 15.9. The maximum absolute atomic E-state index is 13.3. The molecule has 5 heteroatoms. The maximum atomic E-state index is 13.3. The van der Waals surface area contributed by atoms with Crippen LogP contribution in [-0.2, 0) is 5.60 Å². The van der Waals surface area contributed by atoms with E-state index in [0.717, 1.165) is 36.9 Å². The van der Waals surface area contributed by atoms with E-state index in [2.05, 4.69) is 4.98 Å². The highest BCUT2D eigenvalue weighted by atomic mass is 16.3. The molecule has 1 aromatic carbocycles. The van der Waals surface area contributed by atoms with E-state index < -0.39 is 5.60 Å². The fourth-order valence-corrected chi connectivity index (χ4v) is 5.21. The van der Waals surface area contributed by atoms with Crippen LogP contribution >= 0.6 is 0 Å². The van der Waals surface area contributed by atoms with Crippen LogP contribution in [0.1, 0.15) is 48.2 Å². The summed E-state index contributed by atoms with van der Waals surface area (Å²) in [4.78, 5) is 19.8. The highest BCUT2D eigenvalue weighted by molar-refractivity contribution is 5.93. The first-order valence-corrected chi connectivity index (χ1v) is 10.2. The van der Waals surface area contributed by atoms with Crippen LogP contribution in [0.3, 0.4) is 0 Å². The van der Waals surface area contributed by atoms with Crippen molar-refractivity contribution in [2.45, 2.75) is 43.7 Å². The summed E-state index contributed by atoms with van der Waals surface area (Å²) < 4.78 is 1.88. The van der Waals surface area contributed by atoms with Crippen LogP contribution in [0.15, 0.2) is 60.9 Å². The third-order valence-corrected chi connectivity index (χ3v) is 6.59. The zero-order valence-corrected chi connectivity index (χ0v) is 15.9. The molecule has 1 saturated carbocycles. The number of amides is 1. The molecule has 0 radical (unpaired) electrons. The number of piperidine rings is 1. The van der Waals surface area contributed by atoms with Gasteiger partial charge in [-0.15, -0.1) is 0 Å². The number of hydrogen-bond donors (Lipinski definition) is 1. The van der Waals surface area contributed by atoms with Gasteiger partial charge in [0.25, 0.3) is 5.91 Å². The number of aliphatic hydroxyl groups is 1. The van der Waals surface area contributed by atoms with Crippen molar-refractivity contribution in [3.63, 3.8) is 0 Å². The zero-order chi connectivity index (χ0) is 19.1. The molecule has 3 aromatic rings. The fraction of sp³-hybridized carbons (Fsp3) is 0.391. The molecule has 2 aromatic heterocycles. The Morgan fingerprint density at radius 3 is 2.68 bits per heavy atom. The summed E-state index contributed by atoms with van der Waals surface area (Å²) in [7, 11) is 0. The lowest BCUT2D eigenvalue weighted by atomic mass is 9.66. The van der Waals surface area contributed by atoms with Gasteiger partial charge in [-0.2, -0.15) is 0 Å². The molecule has 3 atom stereocenters. The lowest BCUT2D eigenvalue weighted by molar-refractivity contribution is -0.110. The predicted octanol–water partition coefficient (Wildman–Crippen LogP) is 3.63. The molecule has 5 nitrogen and oxygen atoms in total. The molecule has 3 heterocycles. The van der Waals surface area contributed by atoms with Gasteiger partial charge in [0, 0.05) is 30.9 Å². The van der Waals surface area contributed by atoms with Gasteiger partial charge in [0.05, 0.1) is 5.60 Å². The van der Waals surface area contributed by atoms with Crippen molar-refractivity contribution in [3.05, 3.63) is 72.2 Å². The Morgan fingerprint density at radius 1 is 1.07 bits per heavy atom. The Morgan fingerprint density at radius 2 is 1.86 bits per heavy atom. The van der Waals surface area contributed by atoms with Crippen molar-refractivity contribution >= 4 is 11.6 Å². The van der Waals surface area contributed by atoms with Crippen LogP contribution in [0, 0.1) is 5.92 Å². The standard InChI is InChI=1S/C23H25N3O2/c27-22(19-16-25-14-7-6-12-21(25)24-19)26-15-13-23(28,17-8-2-1-3-9-17)18-10-4-5-11-20(18)26/h1-3,6-9,12,14,16,18,20,28H,4-5,10-11,13,15H2/t18-,20+,23?/m0/s1. The number of carbonyl (C=O) groups excluding carboxylic acids is 1. The summed E-state index contributed by atoms with van der Waals surface area (Å²) >= 11 is 0. The Hall–Kier alpha value is -2.66. The van der Waals surface area contributed by atoms with E-state index in [1.54, 1.807) is 0 Å². The second-order valence-electron chi connectivity index (χ2n) is 8.09. The summed E-state index contributed by atoms with van der Waals surface area (Å²) in [6, 6.07) is 15.8. The number of nitrogens with zero attached hydrogens (tertiary/aromatic N) is 3. The first-order chi connectivity index (χ1) is 13.7. The number of likely N-dealkylation sites (tertiary alicyclic amines) is 1. The Kier molecular flexibility index (Phi) is 4.20. The van der Waals surface area contributed by atoms with E-state index in [9.17, 15) is 9.90 Å². The fourth-order valence-electron chi connectivity index (χ4n) is 5.21. The van der Waals surface area contributed by atoms with Gasteiger partial charge in [-0.25, -0.2) is 4.98 Å². The van der Waals surface area contributed by atoms with Gasteiger partial charge in [-0.3, -0.25) is 4.79 Å². The minimum Gasteiger partial charge on any atom is -0.385 e. The van der Waals surface area contributed by atoms with Crippen molar-refractivity contribution in [2.24, 2.45) is 5.92 Å². The predicted molar refractivity (Wildman–Crippen MR) is 107 cm³/mol. The number of imidazole rings is 1. The molecular weight excluding hydrogens is 350 g/mol. The van der Waals surface area contributed by atoms with Gasteiger partial charge in [0.2, 0.25) is 0 Å². The molecule has 5 rings (SSSR count). The molecule has 1 saturated heterocycles. The number of benzene rings is 1. The lowest BCUT2D eigenvalue weighted by Gasteiger charge is -2.52. The van der Waals surface area contributed by atoms with Crippen LogP contribution in [0.25, 0.3) is 5.65 Å². The van der Waals surface area contributed by atoms with Crippen LogP contribution in [-0.4, -0.2) is 37.9 Å². The van der Waals surface area contributed by atoms with E-state index >= 15 is 0 Å². The summed E-state index contributed by atoms with van der Waals surface area (Å²) in [6.45, 7) is 0.555. The van der Waals surface area contributed by atoms with Crippen LogP contribution in [0.5, 0.6) is 0 Å². The summed E-state index contributed by atoms with van der Waals surface area (Å²) in [5.74, 6) is 0.0501. The van der Waals surface area contributed by atoms with E-state index in [1.807, 2.05) is 70.2 Å². The normalized spacial score (nSPS) is 27.5. The number of fused-ring (bicyclic) bond motifs is 2. The molecule has 144 valence electrons. The van der Waals surface area contributed by atoms with Crippen molar-refractivity contribution in [3.8, 4) is 0 Å². The van der Waals surface area contributed by atoms with Gasteiger partial charge in [-0.05, 0) is 37.0 Å². The van der Waals surface area contributed by atoms with Crippen LogP contribution in [0.2, 0.25) is 0 Å².